The molecule has 11 heteroatoms. The summed E-state index contributed by atoms with van der Waals surface area (Å²) in [6.45, 7) is 3.78. The summed E-state index contributed by atoms with van der Waals surface area (Å²) in [6, 6.07) is 15.5. The van der Waals surface area contributed by atoms with Crippen molar-refractivity contribution < 1.29 is 28.3 Å². The Bertz CT molecular complexity index is 1840. The zero-order chi connectivity index (χ0) is 33.2. The number of hydrogen-bond donors (Lipinski definition) is 1. The summed E-state index contributed by atoms with van der Waals surface area (Å²) in [4.78, 5) is 63.6. The van der Waals surface area contributed by atoms with Crippen LogP contribution in [-0.4, -0.2) is 64.3 Å². The Hall–Kier alpha value is -5.45. The van der Waals surface area contributed by atoms with Crippen LogP contribution in [0.4, 0.5) is 10.1 Å². The van der Waals surface area contributed by atoms with Crippen molar-refractivity contribution in [1.29, 1.82) is 0 Å². The lowest BCUT2D eigenvalue weighted by molar-refractivity contribution is -0.122. The van der Waals surface area contributed by atoms with Crippen molar-refractivity contribution in [2.24, 2.45) is 5.92 Å². The van der Waals surface area contributed by atoms with Gasteiger partial charge in [0.1, 0.15) is 23.7 Å². The first-order valence-corrected chi connectivity index (χ1v) is 15.4. The fraction of sp³-hybridized carbons (Fsp3) is 0.278. The summed E-state index contributed by atoms with van der Waals surface area (Å²) >= 11 is 0. The van der Waals surface area contributed by atoms with Gasteiger partial charge in [0.05, 0.1) is 11.3 Å². The monoisotopic (exact) mass is 635 g/mol. The van der Waals surface area contributed by atoms with E-state index < -0.39 is 23.7 Å². The lowest BCUT2D eigenvalue weighted by Crippen LogP contribution is -2.45. The van der Waals surface area contributed by atoms with Gasteiger partial charge in [0.25, 0.3) is 11.8 Å². The van der Waals surface area contributed by atoms with Gasteiger partial charge in [0, 0.05) is 44.3 Å². The molecule has 0 spiro atoms. The second-order valence-corrected chi connectivity index (χ2v) is 12.1. The first kappa shape index (κ1) is 31.5. The molecule has 2 aliphatic rings. The van der Waals surface area contributed by atoms with E-state index in [1.807, 2.05) is 25.1 Å². The lowest BCUT2D eigenvalue weighted by atomic mass is 9.82. The summed E-state index contributed by atoms with van der Waals surface area (Å²) in [7, 11) is 1.63. The topological polar surface area (TPSA) is 122 Å². The summed E-state index contributed by atoms with van der Waals surface area (Å²) < 4.78 is 20.3. The molecule has 1 aliphatic carbocycles. The molecule has 6 rings (SSSR count). The third-order valence-electron chi connectivity index (χ3n) is 8.73. The van der Waals surface area contributed by atoms with Crippen molar-refractivity contribution in [3.8, 4) is 11.1 Å². The number of aryl methyl sites for hydroxylation is 1. The average Bonchev–Trinajstić information content (AvgIpc) is 3.12. The Morgan fingerprint density at radius 2 is 1.77 bits per heavy atom. The van der Waals surface area contributed by atoms with Crippen LogP contribution in [0.3, 0.4) is 0 Å². The van der Waals surface area contributed by atoms with Crippen molar-refractivity contribution in [1.82, 2.24) is 20.2 Å². The van der Waals surface area contributed by atoms with Crippen molar-refractivity contribution in [2.45, 2.75) is 45.4 Å². The molecule has 1 fully saturated rings. The van der Waals surface area contributed by atoms with Gasteiger partial charge in [-0.05, 0) is 103 Å². The fourth-order valence-corrected chi connectivity index (χ4v) is 5.93. The molecule has 1 N–H and O–H groups in total. The van der Waals surface area contributed by atoms with Crippen LogP contribution in [0.1, 0.15) is 62.1 Å². The number of ether oxygens (including phenoxy) is 1. The highest BCUT2D eigenvalue weighted by atomic mass is 19.1. The number of anilines is 1. The van der Waals surface area contributed by atoms with Crippen LogP contribution >= 0.6 is 0 Å². The number of hydrogen-bond acceptors (Lipinski definition) is 7. The van der Waals surface area contributed by atoms with E-state index >= 15 is 0 Å². The summed E-state index contributed by atoms with van der Waals surface area (Å²) in [6.07, 6.45) is 5.88. The van der Waals surface area contributed by atoms with Gasteiger partial charge in [-0.25, -0.2) is 14.2 Å². The smallest absolute Gasteiger partial charge is 0.357 e. The van der Waals surface area contributed by atoms with Gasteiger partial charge in [-0.2, -0.15) is 0 Å². The van der Waals surface area contributed by atoms with E-state index in [1.54, 1.807) is 56.8 Å². The second kappa shape index (κ2) is 13.1. The number of aromatic nitrogens is 2. The number of pyridine rings is 2. The number of rotatable bonds is 8. The highest BCUT2D eigenvalue weighted by molar-refractivity contribution is 6.11. The van der Waals surface area contributed by atoms with Gasteiger partial charge in [0.15, 0.2) is 0 Å². The Labute approximate surface area is 271 Å². The number of fused-ring (bicyclic) bond motifs is 1. The summed E-state index contributed by atoms with van der Waals surface area (Å²) in [5.41, 5.74) is 4.23. The molecule has 4 aromatic rings. The third kappa shape index (κ3) is 6.74. The molecule has 2 aromatic heterocycles. The number of likely N-dealkylation sites (N-methyl/N-ethyl adjacent to an activating group) is 1. The van der Waals surface area contributed by atoms with Crippen molar-refractivity contribution >= 4 is 29.4 Å². The van der Waals surface area contributed by atoms with Gasteiger partial charge in [-0.1, -0.05) is 12.1 Å². The standard InChI is InChI=1S/C36H34FN5O5/c1-21-4-7-31(39-18-21)36(46)47-29-14-23(15-29)19-40-33(43)27-12-24(13-28(37)16-27)20-42-22(2)34(44)41(3)32-17-26(5-6-30(32)35(42)45)25-8-10-38-11-9-25/h4-13,16-18,22-23,29H,14-15,19-20H2,1-3H3,(H,40,43)/t22-,23?,29?/m1/s1. The van der Waals surface area contributed by atoms with Gasteiger partial charge in [0.2, 0.25) is 5.91 Å². The molecule has 2 aromatic carbocycles. The molecule has 3 amide bonds. The van der Waals surface area contributed by atoms with E-state index in [1.165, 1.54) is 21.9 Å². The van der Waals surface area contributed by atoms with Gasteiger partial charge < -0.3 is 19.9 Å². The third-order valence-corrected chi connectivity index (χ3v) is 8.73. The van der Waals surface area contributed by atoms with Gasteiger partial charge in [-0.15, -0.1) is 0 Å². The summed E-state index contributed by atoms with van der Waals surface area (Å²) in [5, 5.41) is 2.84. The summed E-state index contributed by atoms with van der Waals surface area (Å²) in [5.74, 6) is -2.14. The SMILES string of the molecule is Cc1ccc(C(=O)OC2CC(CNC(=O)c3cc(F)cc(CN4C(=O)c5ccc(-c6ccncc6)cc5N(C)C(=O)[C@H]4C)c3)C2)nc1. The predicted molar refractivity (Wildman–Crippen MR) is 172 cm³/mol. The Morgan fingerprint density at radius 1 is 1.00 bits per heavy atom. The zero-order valence-corrected chi connectivity index (χ0v) is 26.3. The maximum atomic E-state index is 14.8. The van der Waals surface area contributed by atoms with Gasteiger partial charge >= 0.3 is 5.97 Å². The zero-order valence-electron chi connectivity index (χ0n) is 26.3. The average molecular weight is 636 g/mol. The van der Waals surface area contributed by atoms with Crippen LogP contribution in [0, 0.1) is 18.7 Å². The number of nitrogens with zero attached hydrogens (tertiary/aromatic N) is 4. The normalized spacial score (nSPS) is 19.0. The second-order valence-electron chi connectivity index (χ2n) is 12.1. The van der Waals surface area contributed by atoms with E-state index in [0.717, 1.165) is 22.8 Å². The molecular weight excluding hydrogens is 601 g/mol. The van der Waals surface area contributed by atoms with Crippen LogP contribution in [0.15, 0.2) is 79.3 Å². The quantitative estimate of drug-likeness (QED) is 0.272. The number of carbonyl (C=O) groups excluding carboxylic acids is 4. The van der Waals surface area contributed by atoms with E-state index in [2.05, 4.69) is 15.3 Å². The molecule has 240 valence electrons. The molecule has 3 heterocycles. The van der Waals surface area contributed by atoms with Crippen LogP contribution in [0.25, 0.3) is 11.1 Å². The fourth-order valence-electron chi connectivity index (χ4n) is 5.93. The van der Waals surface area contributed by atoms with E-state index in [4.69, 9.17) is 4.74 Å². The first-order valence-electron chi connectivity index (χ1n) is 15.4. The molecule has 0 unspecified atom stereocenters. The maximum Gasteiger partial charge on any atom is 0.357 e. The number of nitrogens with one attached hydrogen (secondary N) is 1. The minimum atomic E-state index is -0.840. The molecule has 1 atom stereocenters. The van der Waals surface area contributed by atoms with Crippen molar-refractivity contribution in [3.05, 3.63) is 113 Å². The lowest BCUT2D eigenvalue weighted by Gasteiger charge is -2.34. The van der Waals surface area contributed by atoms with E-state index in [-0.39, 0.29) is 41.6 Å². The van der Waals surface area contributed by atoms with E-state index in [9.17, 15) is 23.6 Å². The number of amides is 3. The van der Waals surface area contributed by atoms with Crippen molar-refractivity contribution in [3.63, 3.8) is 0 Å². The van der Waals surface area contributed by atoms with E-state index in [0.29, 0.717) is 36.2 Å². The maximum absolute atomic E-state index is 14.8. The molecule has 1 saturated carbocycles. The predicted octanol–water partition coefficient (Wildman–Crippen LogP) is 4.96. The Morgan fingerprint density at radius 3 is 2.49 bits per heavy atom. The molecule has 0 bridgehead atoms. The highest BCUT2D eigenvalue weighted by Gasteiger charge is 2.36. The van der Waals surface area contributed by atoms with Gasteiger partial charge in [-0.3, -0.25) is 19.4 Å². The van der Waals surface area contributed by atoms with Crippen LogP contribution < -0.4 is 10.2 Å². The van der Waals surface area contributed by atoms with Crippen LogP contribution in [0.5, 0.6) is 0 Å². The first-order chi connectivity index (χ1) is 22.6. The Balaban J connectivity index is 1.10. The number of halogens is 1. The molecule has 0 radical (unpaired) electrons. The molecule has 10 nitrogen and oxygen atoms in total. The van der Waals surface area contributed by atoms with Crippen LogP contribution in [-0.2, 0) is 16.1 Å². The molecule has 1 aliphatic heterocycles. The number of esters is 1. The number of carbonyl (C=O) groups is 4. The molecular formula is C36H34FN5O5. The number of benzene rings is 2. The minimum absolute atomic E-state index is 0.0747. The minimum Gasteiger partial charge on any atom is -0.458 e. The molecule has 0 saturated heterocycles. The highest BCUT2D eigenvalue weighted by Crippen LogP contribution is 2.33. The molecule has 47 heavy (non-hydrogen) atoms. The van der Waals surface area contributed by atoms with Crippen molar-refractivity contribution in [2.75, 3.05) is 18.5 Å². The largest absolute Gasteiger partial charge is 0.458 e. The Kier molecular flexibility index (Phi) is 8.80. The van der Waals surface area contributed by atoms with Crippen LogP contribution in [0.2, 0.25) is 0 Å².